The summed E-state index contributed by atoms with van der Waals surface area (Å²) in [6.45, 7) is 6.07. The van der Waals surface area contributed by atoms with Crippen molar-refractivity contribution in [1.82, 2.24) is 0 Å². The van der Waals surface area contributed by atoms with Crippen molar-refractivity contribution in [3.05, 3.63) is 118 Å². The third-order valence-corrected chi connectivity index (χ3v) is 6.52. The molecule has 4 rings (SSSR count). The van der Waals surface area contributed by atoms with Crippen molar-refractivity contribution in [3.63, 3.8) is 0 Å². The van der Waals surface area contributed by atoms with Crippen LogP contribution in [0.25, 0.3) is 10.8 Å². The molecule has 0 spiro atoms. The molecule has 0 amide bonds. The molecule has 0 unspecified atom stereocenters. The normalized spacial score (nSPS) is 14.8. The van der Waals surface area contributed by atoms with Crippen LogP contribution >= 0.6 is 0 Å². The Labute approximate surface area is 196 Å². The summed E-state index contributed by atoms with van der Waals surface area (Å²) in [6, 6.07) is 22.1. The van der Waals surface area contributed by atoms with Crippen LogP contribution in [-0.4, -0.2) is 11.6 Å². The van der Waals surface area contributed by atoms with Crippen LogP contribution in [0.1, 0.15) is 66.3 Å². The monoisotopic (exact) mass is 434 g/mol. The van der Waals surface area contributed by atoms with E-state index in [0.29, 0.717) is 28.7 Å². The molecule has 0 bridgehead atoms. The molecule has 0 saturated heterocycles. The van der Waals surface area contributed by atoms with E-state index in [-0.39, 0.29) is 11.6 Å². The predicted octanol–water partition coefficient (Wildman–Crippen LogP) is 7.84. The SMILES string of the molecule is CC1=C(C/C=C(\C)CC/C=C(\C)Cc2cccc3ccccc23)C(=O)c2ccccc2C1=O. The summed E-state index contributed by atoms with van der Waals surface area (Å²) in [5.74, 6) is -0.0455. The first kappa shape index (κ1) is 22.7. The minimum atomic E-state index is -0.0294. The third-order valence-electron chi connectivity index (χ3n) is 6.52. The highest BCUT2D eigenvalue weighted by molar-refractivity contribution is 6.26. The Morgan fingerprint density at radius 2 is 1.42 bits per heavy atom. The molecule has 1 aliphatic rings. The zero-order valence-corrected chi connectivity index (χ0v) is 19.7. The van der Waals surface area contributed by atoms with Gasteiger partial charge in [0.1, 0.15) is 0 Å². The number of hydrogen-bond acceptors (Lipinski definition) is 2. The highest BCUT2D eigenvalue weighted by Gasteiger charge is 2.28. The van der Waals surface area contributed by atoms with Crippen molar-refractivity contribution in [2.75, 3.05) is 0 Å². The first-order chi connectivity index (χ1) is 16.0. The van der Waals surface area contributed by atoms with Crippen LogP contribution in [0.5, 0.6) is 0 Å². The van der Waals surface area contributed by atoms with Gasteiger partial charge in [-0.1, -0.05) is 90.0 Å². The number of ketones is 2. The number of rotatable bonds is 7. The van der Waals surface area contributed by atoms with Crippen LogP contribution in [0.15, 0.2) is 101 Å². The molecule has 0 saturated carbocycles. The second-order valence-corrected chi connectivity index (χ2v) is 8.97. The van der Waals surface area contributed by atoms with Gasteiger partial charge in [-0.05, 0) is 62.8 Å². The molecule has 0 aliphatic heterocycles. The summed E-state index contributed by atoms with van der Waals surface area (Å²) in [5, 5.41) is 2.60. The Balaban J connectivity index is 1.38. The molecule has 0 N–H and O–H groups in total. The average molecular weight is 435 g/mol. The van der Waals surface area contributed by atoms with E-state index in [9.17, 15) is 9.59 Å². The van der Waals surface area contributed by atoms with E-state index in [1.165, 1.54) is 27.5 Å². The lowest BCUT2D eigenvalue weighted by molar-refractivity contribution is 0.0973. The van der Waals surface area contributed by atoms with E-state index in [2.05, 4.69) is 68.5 Å². The Hall–Kier alpha value is -3.52. The first-order valence-corrected chi connectivity index (χ1v) is 11.6. The molecular weight excluding hydrogens is 404 g/mol. The highest BCUT2D eigenvalue weighted by atomic mass is 16.1. The van der Waals surface area contributed by atoms with E-state index >= 15 is 0 Å². The lowest BCUT2D eigenvalue weighted by Gasteiger charge is -2.18. The fourth-order valence-electron chi connectivity index (χ4n) is 4.54. The smallest absolute Gasteiger partial charge is 0.190 e. The summed E-state index contributed by atoms with van der Waals surface area (Å²) in [7, 11) is 0. The van der Waals surface area contributed by atoms with Crippen LogP contribution < -0.4 is 0 Å². The molecule has 2 nitrogen and oxygen atoms in total. The summed E-state index contributed by atoms with van der Waals surface area (Å²) in [5.41, 5.74) is 6.22. The summed E-state index contributed by atoms with van der Waals surface area (Å²) in [4.78, 5) is 25.6. The van der Waals surface area contributed by atoms with Crippen molar-refractivity contribution in [2.45, 2.75) is 46.5 Å². The van der Waals surface area contributed by atoms with E-state index < -0.39 is 0 Å². The number of allylic oxidation sites excluding steroid dienone is 6. The maximum atomic E-state index is 12.9. The molecule has 0 radical (unpaired) electrons. The average Bonchev–Trinajstić information content (AvgIpc) is 2.83. The predicted molar refractivity (Wildman–Crippen MR) is 137 cm³/mol. The first-order valence-electron chi connectivity index (χ1n) is 11.6. The van der Waals surface area contributed by atoms with Gasteiger partial charge in [0.05, 0.1) is 0 Å². The number of carbonyl (C=O) groups excluding carboxylic acids is 2. The third kappa shape index (κ3) is 4.96. The van der Waals surface area contributed by atoms with E-state index in [4.69, 9.17) is 0 Å². The lowest BCUT2D eigenvalue weighted by atomic mass is 9.83. The van der Waals surface area contributed by atoms with Gasteiger partial charge in [-0.25, -0.2) is 0 Å². The summed E-state index contributed by atoms with van der Waals surface area (Å²) < 4.78 is 0. The number of carbonyl (C=O) groups is 2. The Morgan fingerprint density at radius 3 is 2.21 bits per heavy atom. The molecular formula is C31H30O2. The van der Waals surface area contributed by atoms with E-state index in [0.717, 1.165) is 19.3 Å². The standard InChI is InChI=1S/C31H30O2/c1-21(18-19-26-23(3)30(32)28-16-6-7-17-29(28)31(26)33)10-8-11-22(2)20-25-14-9-13-24-12-4-5-15-27(24)25/h4-7,9,11-18H,8,10,19-20H2,1-3H3/b21-18+,22-11+. The van der Waals surface area contributed by atoms with Crippen molar-refractivity contribution in [3.8, 4) is 0 Å². The topological polar surface area (TPSA) is 34.1 Å². The second kappa shape index (κ2) is 9.95. The lowest BCUT2D eigenvalue weighted by Crippen LogP contribution is -2.20. The number of Topliss-reactive ketones (excluding diaryl/α,β-unsaturated/α-hetero) is 2. The molecule has 166 valence electrons. The minimum Gasteiger partial charge on any atom is -0.289 e. The van der Waals surface area contributed by atoms with Gasteiger partial charge < -0.3 is 0 Å². The van der Waals surface area contributed by atoms with Gasteiger partial charge in [0.15, 0.2) is 11.6 Å². The number of benzene rings is 3. The zero-order chi connectivity index (χ0) is 23.4. The molecule has 0 heterocycles. The fourth-order valence-corrected chi connectivity index (χ4v) is 4.54. The molecule has 0 fully saturated rings. The maximum Gasteiger partial charge on any atom is 0.190 e. The van der Waals surface area contributed by atoms with Gasteiger partial charge >= 0.3 is 0 Å². The maximum absolute atomic E-state index is 12.9. The van der Waals surface area contributed by atoms with Gasteiger partial charge in [0.25, 0.3) is 0 Å². The van der Waals surface area contributed by atoms with Crippen LogP contribution in [-0.2, 0) is 6.42 Å². The van der Waals surface area contributed by atoms with Crippen LogP contribution in [0.4, 0.5) is 0 Å². The second-order valence-electron chi connectivity index (χ2n) is 8.97. The van der Waals surface area contributed by atoms with Crippen LogP contribution in [0, 0.1) is 0 Å². The van der Waals surface area contributed by atoms with Crippen LogP contribution in [0.3, 0.4) is 0 Å². The van der Waals surface area contributed by atoms with Gasteiger partial charge in [0.2, 0.25) is 0 Å². The van der Waals surface area contributed by atoms with E-state index in [1.807, 2.05) is 12.1 Å². The Kier molecular flexibility index (Phi) is 6.84. The minimum absolute atomic E-state index is 0.0161. The molecule has 2 heteroatoms. The molecule has 3 aromatic carbocycles. The van der Waals surface area contributed by atoms with Gasteiger partial charge in [-0.3, -0.25) is 9.59 Å². The van der Waals surface area contributed by atoms with E-state index in [1.54, 1.807) is 19.1 Å². The van der Waals surface area contributed by atoms with Crippen molar-refractivity contribution >= 4 is 22.3 Å². The molecule has 1 aliphatic carbocycles. The van der Waals surface area contributed by atoms with Gasteiger partial charge in [0, 0.05) is 22.3 Å². The number of fused-ring (bicyclic) bond motifs is 2. The quantitative estimate of drug-likeness (QED) is 0.355. The highest BCUT2D eigenvalue weighted by Crippen LogP contribution is 2.28. The molecule has 0 aromatic heterocycles. The largest absolute Gasteiger partial charge is 0.289 e. The zero-order valence-electron chi connectivity index (χ0n) is 19.7. The van der Waals surface area contributed by atoms with Crippen molar-refractivity contribution < 1.29 is 9.59 Å². The summed E-state index contributed by atoms with van der Waals surface area (Å²) >= 11 is 0. The fraction of sp³-hybridized carbons (Fsp3) is 0.226. The van der Waals surface area contributed by atoms with Gasteiger partial charge in [-0.2, -0.15) is 0 Å². The molecule has 33 heavy (non-hydrogen) atoms. The molecule has 0 atom stereocenters. The van der Waals surface area contributed by atoms with Crippen LogP contribution in [0.2, 0.25) is 0 Å². The Bertz CT molecular complexity index is 1310. The Morgan fingerprint density at radius 1 is 0.758 bits per heavy atom. The summed E-state index contributed by atoms with van der Waals surface area (Å²) in [6.07, 6.45) is 7.78. The van der Waals surface area contributed by atoms with Gasteiger partial charge in [-0.15, -0.1) is 0 Å². The molecule has 3 aromatic rings. The number of hydrogen-bond donors (Lipinski definition) is 0. The van der Waals surface area contributed by atoms with Crippen molar-refractivity contribution in [2.24, 2.45) is 0 Å². The van der Waals surface area contributed by atoms with Crippen molar-refractivity contribution in [1.29, 1.82) is 0 Å².